The Labute approximate surface area is 105 Å². The number of nitrogens with zero attached hydrogens (tertiary/aromatic N) is 2. The first-order valence-corrected chi connectivity index (χ1v) is 5.70. The Bertz CT molecular complexity index is 528. The SMILES string of the molecule is CCc1cccc(Nc2ncnc(N)c2Cl)c1. The number of hydrogen-bond acceptors (Lipinski definition) is 4. The fraction of sp³-hybridized carbons (Fsp3) is 0.167. The van der Waals surface area contributed by atoms with Gasteiger partial charge < -0.3 is 11.1 Å². The van der Waals surface area contributed by atoms with Crippen molar-refractivity contribution < 1.29 is 0 Å². The van der Waals surface area contributed by atoms with Crippen molar-refractivity contribution in [2.75, 3.05) is 11.1 Å². The maximum atomic E-state index is 6.00. The molecule has 0 radical (unpaired) electrons. The first-order chi connectivity index (χ1) is 8.20. The summed E-state index contributed by atoms with van der Waals surface area (Å²) in [5.41, 5.74) is 7.79. The number of hydrogen-bond donors (Lipinski definition) is 2. The molecule has 0 aliphatic heterocycles. The largest absolute Gasteiger partial charge is 0.382 e. The van der Waals surface area contributed by atoms with E-state index in [0.717, 1.165) is 12.1 Å². The normalized spacial score (nSPS) is 10.2. The molecule has 0 saturated carbocycles. The van der Waals surface area contributed by atoms with E-state index in [0.29, 0.717) is 10.8 Å². The van der Waals surface area contributed by atoms with E-state index >= 15 is 0 Å². The summed E-state index contributed by atoms with van der Waals surface area (Å²) in [5, 5.41) is 3.47. The lowest BCUT2D eigenvalue weighted by molar-refractivity contribution is 1.14. The van der Waals surface area contributed by atoms with E-state index in [9.17, 15) is 0 Å². The minimum absolute atomic E-state index is 0.274. The van der Waals surface area contributed by atoms with Gasteiger partial charge in [-0.15, -0.1) is 0 Å². The molecule has 1 heterocycles. The van der Waals surface area contributed by atoms with Crippen LogP contribution in [-0.2, 0) is 6.42 Å². The number of nitrogens with two attached hydrogens (primary N) is 1. The van der Waals surface area contributed by atoms with Crippen molar-refractivity contribution in [1.82, 2.24) is 9.97 Å². The highest BCUT2D eigenvalue weighted by Crippen LogP contribution is 2.26. The molecule has 2 aromatic rings. The predicted octanol–water partition coefficient (Wildman–Crippen LogP) is 3.02. The Balaban J connectivity index is 2.28. The predicted molar refractivity (Wildman–Crippen MR) is 70.6 cm³/mol. The number of anilines is 3. The van der Waals surface area contributed by atoms with Crippen LogP contribution in [-0.4, -0.2) is 9.97 Å². The van der Waals surface area contributed by atoms with Crippen LogP contribution in [0.4, 0.5) is 17.3 Å². The van der Waals surface area contributed by atoms with E-state index in [-0.39, 0.29) is 5.82 Å². The monoisotopic (exact) mass is 248 g/mol. The average Bonchev–Trinajstić information content (AvgIpc) is 2.35. The Morgan fingerprint density at radius 1 is 1.35 bits per heavy atom. The molecule has 3 N–H and O–H groups in total. The van der Waals surface area contributed by atoms with Crippen LogP contribution in [0.25, 0.3) is 0 Å². The van der Waals surface area contributed by atoms with Crippen molar-refractivity contribution in [3.05, 3.63) is 41.2 Å². The van der Waals surface area contributed by atoms with E-state index in [4.69, 9.17) is 17.3 Å². The fourth-order valence-corrected chi connectivity index (χ4v) is 1.62. The summed E-state index contributed by atoms with van der Waals surface area (Å²) in [6, 6.07) is 8.06. The van der Waals surface area contributed by atoms with Crippen LogP contribution in [0, 0.1) is 0 Å². The summed E-state index contributed by atoms with van der Waals surface area (Å²) < 4.78 is 0. The Hall–Kier alpha value is -1.81. The van der Waals surface area contributed by atoms with Crippen LogP contribution >= 0.6 is 11.6 Å². The third-order valence-corrected chi connectivity index (χ3v) is 2.79. The molecule has 88 valence electrons. The second-order valence-electron chi connectivity index (χ2n) is 3.60. The van der Waals surface area contributed by atoms with Crippen molar-refractivity contribution in [2.24, 2.45) is 0 Å². The van der Waals surface area contributed by atoms with Crippen molar-refractivity contribution in [2.45, 2.75) is 13.3 Å². The third kappa shape index (κ3) is 2.65. The number of nitrogen functional groups attached to an aromatic ring is 1. The van der Waals surface area contributed by atoms with Gasteiger partial charge >= 0.3 is 0 Å². The van der Waals surface area contributed by atoms with Gasteiger partial charge in [-0.25, -0.2) is 9.97 Å². The zero-order valence-corrected chi connectivity index (χ0v) is 10.2. The van der Waals surface area contributed by atoms with Gasteiger partial charge in [0.1, 0.15) is 17.2 Å². The zero-order chi connectivity index (χ0) is 12.3. The smallest absolute Gasteiger partial charge is 0.154 e. The molecule has 0 atom stereocenters. The molecule has 0 bridgehead atoms. The molecule has 17 heavy (non-hydrogen) atoms. The molecule has 0 unspecified atom stereocenters. The summed E-state index contributed by atoms with van der Waals surface area (Å²) in [6.07, 6.45) is 2.36. The van der Waals surface area contributed by atoms with Crippen molar-refractivity contribution >= 4 is 28.9 Å². The number of nitrogens with one attached hydrogen (secondary N) is 1. The van der Waals surface area contributed by atoms with Gasteiger partial charge in [0.05, 0.1) is 0 Å². The van der Waals surface area contributed by atoms with Gasteiger partial charge in [0.15, 0.2) is 5.82 Å². The molecule has 0 aliphatic rings. The molecule has 0 aliphatic carbocycles. The van der Waals surface area contributed by atoms with E-state index < -0.39 is 0 Å². The van der Waals surface area contributed by atoms with E-state index in [1.54, 1.807) is 0 Å². The lowest BCUT2D eigenvalue weighted by Crippen LogP contribution is -1.99. The van der Waals surface area contributed by atoms with Crippen molar-refractivity contribution in [3.63, 3.8) is 0 Å². The number of aryl methyl sites for hydroxylation is 1. The van der Waals surface area contributed by atoms with Crippen LogP contribution in [0.1, 0.15) is 12.5 Å². The number of benzene rings is 1. The highest BCUT2D eigenvalue weighted by molar-refractivity contribution is 6.35. The van der Waals surface area contributed by atoms with Gasteiger partial charge in [0, 0.05) is 5.69 Å². The topological polar surface area (TPSA) is 63.8 Å². The lowest BCUT2D eigenvalue weighted by Gasteiger charge is -2.08. The first-order valence-electron chi connectivity index (χ1n) is 5.32. The first kappa shape index (κ1) is 11.7. The maximum absolute atomic E-state index is 6.00. The van der Waals surface area contributed by atoms with E-state index in [2.05, 4.69) is 34.3 Å². The van der Waals surface area contributed by atoms with Crippen molar-refractivity contribution in [1.29, 1.82) is 0 Å². The molecular formula is C12H13ClN4. The van der Waals surface area contributed by atoms with Crippen LogP contribution in [0.5, 0.6) is 0 Å². The maximum Gasteiger partial charge on any atom is 0.154 e. The Morgan fingerprint density at radius 3 is 2.94 bits per heavy atom. The second-order valence-corrected chi connectivity index (χ2v) is 3.98. The molecular weight excluding hydrogens is 236 g/mol. The van der Waals surface area contributed by atoms with Gasteiger partial charge in [-0.2, -0.15) is 0 Å². The summed E-state index contributed by atoms with van der Waals surface area (Å²) >= 11 is 6.00. The van der Waals surface area contributed by atoms with Crippen LogP contribution in [0.15, 0.2) is 30.6 Å². The second kappa shape index (κ2) is 5.01. The van der Waals surface area contributed by atoms with E-state index in [1.807, 2.05) is 12.1 Å². The molecule has 1 aromatic carbocycles. The van der Waals surface area contributed by atoms with Crippen LogP contribution in [0.3, 0.4) is 0 Å². The molecule has 0 saturated heterocycles. The molecule has 5 heteroatoms. The van der Waals surface area contributed by atoms with Gasteiger partial charge in [0.25, 0.3) is 0 Å². The molecule has 0 amide bonds. The number of halogens is 1. The quantitative estimate of drug-likeness (QED) is 0.876. The average molecular weight is 249 g/mol. The van der Waals surface area contributed by atoms with Gasteiger partial charge in [-0.05, 0) is 24.1 Å². The Morgan fingerprint density at radius 2 is 2.18 bits per heavy atom. The summed E-state index contributed by atoms with van der Waals surface area (Å²) in [4.78, 5) is 7.87. The standard InChI is InChI=1S/C12H13ClN4/c1-2-8-4-3-5-9(6-8)17-12-10(13)11(14)15-7-16-12/h3-7H,2H2,1H3,(H3,14,15,16,17). The lowest BCUT2D eigenvalue weighted by atomic mass is 10.1. The zero-order valence-electron chi connectivity index (χ0n) is 9.44. The molecule has 0 spiro atoms. The van der Waals surface area contributed by atoms with E-state index in [1.165, 1.54) is 11.9 Å². The minimum atomic E-state index is 0.274. The third-order valence-electron chi connectivity index (χ3n) is 2.41. The number of aromatic nitrogens is 2. The summed E-state index contributed by atoms with van der Waals surface area (Å²) in [7, 11) is 0. The molecule has 1 aromatic heterocycles. The summed E-state index contributed by atoms with van der Waals surface area (Å²) in [5.74, 6) is 0.795. The molecule has 2 rings (SSSR count). The highest BCUT2D eigenvalue weighted by Gasteiger charge is 2.06. The van der Waals surface area contributed by atoms with Crippen LogP contribution < -0.4 is 11.1 Å². The van der Waals surface area contributed by atoms with Gasteiger partial charge in [0.2, 0.25) is 0 Å². The minimum Gasteiger partial charge on any atom is -0.382 e. The highest BCUT2D eigenvalue weighted by atomic mass is 35.5. The Kier molecular flexibility index (Phi) is 3.44. The van der Waals surface area contributed by atoms with Gasteiger partial charge in [-0.3, -0.25) is 0 Å². The van der Waals surface area contributed by atoms with Crippen molar-refractivity contribution in [3.8, 4) is 0 Å². The molecule has 4 nitrogen and oxygen atoms in total. The van der Waals surface area contributed by atoms with Crippen LogP contribution in [0.2, 0.25) is 5.02 Å². The number of rotatable bonds is 3. The fourth-order valence-electron chi connectivity index (χ4n) is 1.48. The summed E-state index contributed by atoms with van der Waals surface area (Å²) in [6.45, 7) is 2.11. The molecule has 0 fully saturated rings. The van der Waals surface area contributed by atoms with Gasteiger partial charge in [-0.1, -0.05) is 30.7 Å².